The van der Waals surface area contributed by atoms with Crippen molar-refractivity contribution in [2.24, 2.45) is 5.92 Å². The predicted octanol–water partition coefficient (Wildman–Crippen LogP) is -0.0790. The molecule has 2 rings (SSSR count). The van der Waals surface area contributed by atoms with Crippen LogP contribution in [0.4, 0.5) is 0 Å². The van der Waals surface area contributed by atoms with Gasteiger partial charge in [-0.25, -0.2) is 4.79 Å². The standard InChI is InChI=1S/C12H16N4O2/c1-8-6-15(2)4-3-10(8)16-7-9(5-13)11(17)14-12(16)18/h7-8,10H,3-4,6H2,1-2H3,(H,14,17,18). The molecule has 0 aliphatic carbocycles. The van der Waals surface area contributed by atoms with Crippen LogP contribution in [0.25, 0.3) is 0 Å². The van der Waals surface area contributed by atoms with Crippen LogP contribution in [0.1, 0.15) is 24.9 Å². The molecular weight excluding hydrogens is 232 g/mol. The molecule has 1 aromatic rings. The summed E-state index contributed by atoms with van der Waals surface area (Å²) in [5, 5.41) is 8.85. The Morgan fingerprint density at radius 2 is 2.22 bits per heavy atom. The Kier molecular flexibility index (Phi) is 3.34. The lowest BCUT2D eigenvalue weighted by molar-refractivity contribution is 0.155. The molecule has 2 unspecified atom stereocenters. The Hall–Kier alpha value is -1.87. The number of hydrogen-bond donors (Lipinski definition) is 1. The molecule has 1 saturated heterocycles. The fraction of sp³-hybridized carbons (Fsp3) is 0.583. The quantitative estimate of drug-likeness (QED) is 0.753. The summed E-state index contributed by atoms with van der Waals surface area (Å²) in [5.74, 6) is 0.305. The first-order valence-electron chi connectivity index (χ1n) is 5.97. The van der Waals surface area contributed by atoms with E-state index in [0.717, 1.165) is 19.5 Å². The number of nitrogens with one attached hydrogen (secondary N) is 1. The largest absolute Gasteiger partial charge is 0.328 e. The number of hydrogen-bond acceptors (Lipinski definition) is 4. The molecule has 1 aliphatic heterocycles. The molecule has 0 spiro atoms. The number of H-pyrrole nitrogens is 1. The molecule has 1 fully saturated rings. The van der Waals surface area contributed by atoms with Crippen molar-refractivity contribution >= 4 is 0 Å². The first kappa shape index (κ1) is 12.6. The molecule has 0 amide bonds. The van der Waals surface area contributed by atoms with Crippen molar-refractivity contribution in [2.45, 2.75) is 19.4 Å². The van der Waals surface area contributed by atoms with Crippen molar-refractivity contribution in [3.8, 4) is 6.07 Å². The second-order valence-corrected chi connectivity index (χ2v) is 4.92. The van der Waals surface area contributed by atoms with E-state index in [1.165, 1.54) is 10.8 Å². The monoisotopic (exact) mass is 248 g/mol. The Bertz CT molecular complexity index is 595. The Morgan fingerprint density at radius 1 is 1.50 bits per heavy atom. The summed E-state index contributed by atoms with van der Waals surface area (Å²) in [7, 11) is 2.04. The summed E-state index contributed by atoms with van der Waals surface area (Å²) in [6.07, 6.45) is 2.22. The highest BCUT2D eigenvalue weighted by Gasteiger charge is 2.26. The van der Waals surface area contributed by atoms with E-state index in [-0.39, 0.29) is 11.6 Å². The van der Waals surface area contributed by atoms with Crippen molar-refractivity contribution in [2.75, 3.05) is 20.1 Å². The van der Waals surface area contributed by atoms with Gasteiger partial charge in [0, 0.05) is 18.8 Å². The molecule has 0 radical (unpaired) electrons. The predicted molar refractivity (Wildman–Crippen MR) is 66.4 cm³/mol. The van der Waals surface area contributed by atoms with E-state index >= 15 is 0 Å². The molecule has 0 aromatic carbocycles. The summed E-state index contributed by atoms with van der Waals surface area (Å²) in [6.45, 7) is 3.88. The average molecular weight is 248 g/mol. The maximum absolute atomic E-state index is 11.8. The van der Waals surface area contributed by atoms with Crippen molar-refractivity contribution in [3.63, 3.8) is 0 Å². The third-order valence-electron chi connectivity index (χ3n) is 3.51. The lowest BCUT2D eigenvalue weighted by Gasteiger charge is -2.35. The number of nitrogens with zero attached hydrogens (tertiary/aromatic N) is 3. The summed E-state index contributed by atoms with van der Waals surface area (Å²) >= 11 is 0. The van der Waals surface area contributed by atoms with Gasteiger partial charge in [-0.2, -0.15) is 5.26 Å². The molecule has 96 valence electrons. The van der Waals surface area contributed by atoms with Gasteiger partial charge in [0.05, 0.1) is 0 Å². The van der Waals surface area contributed by atoms with Gasteiger partial charge in [-0.1, -0.05) is 6.92 Å². The smallest absolute Gasteiger partial charge is 0.306 e. The minimum atomic E-state index is -0.612. The van der Waals surface area contributed by atoms with Crippen LogP contribution < -0.4 is 11.2 Å². The van der Waals surface area contributed by atoms with Gasteiger partial charge in [-0.3, -0.25) is 14.3 Å². The zero-order valence-corrected chi connectivity index (χ0v) is 10.5. The van der Waals surface area contributed by atoms with Crippen molar-refractivity contribution in [3.05, 3.63) is 32.6 Å². The SMILES string of the molecule is CC1CN(C)CCC1n1cc(C#N)c(=O)[nH]c1=O. The fourth-order valence-electron chi connectivity index (χ4n) is 2.57. The van der Waals surface area contributed by atoms with Gasteiger partial charge in [-0.05, 0) is 25.9 Å². The molecule has 6 heteroatoms. The normalized spacial score (nSPS) is 24.7. The first-order chi connectivity index (χ1) is 8.52. The third-order valence-corrected chi connectivity index (χ3v) is 3.51. The summed E-state index contributed by atoms with van der Waals surface area (Å²) in [6, 6.07) is 1.85. The van der Waals surface area contributed by atoms with Gasteiger partial charge in [0.15, 0.2) is 0 Å². The van der Waals surface area contributed by atoms with E-state index in [9.17, 15) is 9.59 Å². The number of likely N-dealkylation sites (tertiary alicyclic amines) is 1. The van der Waals surface area contributed by atoms with Crippen molar-refractivity contribution in [1.82, 2.24) is 14.5 Å². The van der Waals surface area contributed by atoms with Crippen LogP contribution in [-0.4, -0.2) is 34.6 Å². The molecule has 0 saturated carbocycles. The van der Waals surface area contributed by atoms with Gasteiger partial charge in [0.2, 0.25) is 0 Å². The van der Waals surface area contributed by atoms with Crippen LogP contribution in [0.15, 0.2) is 15.8 Å². The van der Waals surface area contributed by atoms with Gasteiger partial charge < -0.3 is 4.90 Å². The number of aromatic amines is 1. The fourth-order valence-corrected chi connectivity index (χ4v) is 2.57. The van der Waals surface area contributed by atoms with E-state index in [0.29, 0.717) is 5.92 Å². The Balaban J connectivity index is 2.43. The van der Waals surface area contributed by atoms with Gasteiger partial charge in [0.1, 0.15) is 11.6 Å². The zero-order chi connectivity index (χ0) is 13.3. The summed E-state index contributed by atoms with van der Waals surface area (Å²) in [5.41, 5.74) is -1.06. The topological polar surface area (TPSA) is 81.9 Å². The minimum Gasteiger partial charge on any atom is -0.306 e. The number of rotatable bonds is 1. The first-order valence-corrected chi connectivity index (χ1v) is 5.97. The van der Waals surface area contributed by atoms with E-state index in [2.05, 4.69) is 16.8 Å². The van der Waals surface area contributed by atoms with E-state index in [4.69, 9.17) is 5.26 Å². The van der Waals surface area contributed by atoms with Gasteiger partial charge in [0.25, 0.3) is 5.56 Å². The van der Waals surface area contributed by atoms with Gasteiger partial charge in [-0.15, -0.1) is 0 Å². The maximum Gasteiger partial charge on any atom is 0.328 e. The number of nitriles is 1. The van der Waals surface area contributed by atoms with Crippen LogP contribution in [0, 0.1) is 17.2 Å². The highest BCUT2D eigenvalue weighted by molar-refractivity contribution is 5.22. The third kappa shape index (κ3) is 2.22. The maximum atomic E-state index is 11.8. The molecule has 1 N–H and O–H groups in total. The van der Waals surface area contributed by atoms with Crippen LogP contribution in [0.2, 0.25) is 0 Å². The molecule has 1 aliphatic rings. The zero-order valence-electron chi connectivity index (χ0n) is 10.5. The van der Waals surface area contributed by atoms with E-state index < -0.39 is 11.2 Å². The van der Waals surface area contributed by atoms with Crippen LogP contribution in [-0.2, 0) is 0 Å². The van der Waals surface area contributed by atoms with Gasteiger partial charge >= 0.3 is 5.69 Å². The highest BCUT2D eigenvalue weighted by atomic mass is 16.2. The van der Waals surface area contributed by atoms with E-state index in [1.807, 2.05) is 13.1 Å². The summed E-state index contributed by atoms with van der Waals surface area (Å²) < 4.78 is 1.50. The second-order valence-electron chi connectivity index (χ2n) is 4.92. The van der Waals surface area contributed by atoms with Crippen molar-refractivity contribution in [1.29, 1.82) is 5.26 Å². The highest BCUT2D eigenvalue weighted by Crippen LogP contribution is 2.25. The Morgan fingerprint density at radius 3 is 2.83 bits per heavy atom. The minimum absolute atomic E-state index is 0.0132. The molecule has 2 atom stereocenters. The van der Waals surface area contributed by atoms with Crippen LogP contribution in [0.5, 0.6) is 0 Å². The molecule has 0 bridgehead atoms. The summed E-state index contributed by atoms with van der Waals surface area (Å²) in [4.78, 5) is 27.6. The molecule has 1 aromatic heterocycles. The van der Waals surface area contributed by atoms with Crippen LogP contribution in [0.3, 0.4) is 0 Å². The average Bonchev–Trinajstić information content (AvgIpc) is 2.30. The lowest BCUT2D eigenvalue weighted by atomic mass is 9.94. The van der Waals surface area contributed by atoms with Crippen LogP contribution >= 0.6 is 0 Å². The molecule has 18 heavy (non-hydrogen) atoms. The molecule has 2 heterocycles. The number of piperidine rings is 1. The molecular formula is C12H16N4O2. The lowest BCUT2D eigenvalue weighted by Crippen LogP contribution is -2.42. The Labute approximate surface area is 104 Å². The van der Waals surface area contributed by atoms with E-state index in [1.54, 1.807) is 0 Å². The van der Waals surface area contributed by atoms with Crippen molar-refractivity contribution < 1.29 is 0 Å². The second kappa shape index (κ2) is 4.78. The number of aromatic nitrogens is 2. The molecule has 6 nitrogen and oxygen atoms in total.